The van der Waals surface area contributed by atoms with Gasteiger partial charge in [-0.25, -0.2) is 4.79 Å². The number of fused-ring (bicyclic) bond motifs is 1. The van der Waals surface area contributed by atoms with Gasteiger partial charge in [0.05, 0.1) is 22.2 Å². The van der Waals surface area contributed by atoms with Gasteiger partial charge in [-0.2, -0.15) is 0 Å². The summed E-state index contributed by atoms with van der Waals surface area (Å²) >= 11 is 0. The summed E-state index contributed by atoms with van der Waals surface area (Å²) in [5.41, 5.74) is 1.13. The molecule has 0 radical (unpaired) electrons. The molecule has 2 heterocycles. The van der Waals surface area contributed by atoms with Crippen molar-refractivity contribution >= 4 is 16.9 Å². The number of methoxy groups -OCH3 is 1. The molecule has 0 aromatic carbocycles. The summed E-state index contributed by atoms with van der Waals surface area (Å²) in [6, 6.07) is 3.22. The number of pyridine rings is 2. The predicted octanol–water partition coefficient (Wildman–Crippen LogP) is 1.81. The molecule has 0 aliphatic heterocycles. The van der Waals surface area contributed by atoms with Crippen molar-refractivity contribution in [3.8, 4) is 0 Å². The van der Waals surface area contributed by atoms with Crippen molar-refractivity contribution in [3.63, 3.8) is 0 Å². The van der Waals surface area contributed by atoms with E-state index in [1.165, 1.54) is 12.3 Å². The van der Waals surface area contributed by atoms with Gasteiger partial charge in [-0.3, -0.25) is 9.78 Å². The molecular weight excluding hydrogens is 272 g/mol. The van der Waals surface area contributed by atoms with Crippen LogP contribution in [0.3, 0.4) is 0 Å². The van der Waals surface area contributed by atoms with Crippen LogP contribution < -0.4 is 5.56 Å². The molecule has 2 aromatic rings. The van der Waals surface area contributed by atoms with Gasteiger partial charge in [0.1, 0.15) is 6.10 Å². The lowest BCUT2D eigenvalue weighted by atomic mass is 10.1. The molecule has 21 heavy (non-hydrogen) atoms. The van der Waals surface area contributed by atoms with Crippen molar-refractivity contribution in [2.24, 2.45) is 0 Å². The van der Waals surface area contributed by atoms with E-state index in [2.05, 4.69) is 9.97 Å². The second kappa shape index (κ2) is 6.49. The molecule has 1 atom stereocenters. The summed E-state index contributed by atoms with van der Waals surface area (Å²) in [6.07, 6.45) is 1.88. The highest BCUT2D eigenvalue weighted by molar-refractivity contribution is 5.94. The van der Waals surface area contributed by atoms with Crippen LogP contribution in [0, 0.1) is 6.92 Å². The molecule has 2 aromatic heterocycles. The number of nitrogens with zero attached hydrogens (tertiary/aromatic N) is 1. The lowest BCUT2D eigenvalue weighted by molar-refractivity contribution is 0.0265. The third kappa shape index (κ3) is 3.46. The highest BCUT2D eigenvalue weighted by atomic mass is 16.5. The maximum Gasteiger partial charge on any atom is 0.340 e. The van der Waals surface area contributed by atoms with E-state index >= 15 is 0 Å². The van der Waals surface area contributed by atoms with Crippen molar-refractivity contribution in [1.29, 1.82) is 0 Å². The molecule has 0 aliphatic carbocycles. The van der Waals surface area contributed by atoms with E-state index in [1.807, 2.05) is 0 Å². The standard InChI is InChI=1S/C15H18N2O4/c1-9(5-7-20-3)21-15(19)11-8-12-13(17-10(11)2)4-6-16-14(12)18/h4,6,8-9H,5,7H2,1-3H3,(H,16,18). The van der Waals surface area contributed by atoms with Crippen molar-refractivity contribution in [3.05, 3.63) is 39.9 Å². The second-order valence-corrected chi connectivity index (χ2v) is 4.86. The number of hydrogen-bond acceptors (Lipinski definition) is 5. The molecule has 1 N–H and O–H groups in total. The number of aromatic nitrogens is 2. The number of rotatable bonds is 5. The monoisotopic (exact) mass is 290 g/mol. The summed E-state index contributed by atoms with van der Waals surface area (Å²) in [4.78, 5) is 30.8. The highest BCUT2D eigenvalue weighted by Crippen LogP contribution is 2.15. The van der Waals surface area contributed by atoms with Gasteiger partial charge in [0.25, 0.3) is 5.56 Å². The zero-order valence-electron chi connectivity index (χ0n) is 12.3. The molecule has 112 valence electrons. The normalized spacial score (nSPS) is 12.3. The predicted molar refractivity (Wildman–Crippen MR) is 78.5 cm³/mol. The lowest BCUT2D eigenvalue weighted by Gasteiger charge is -2.13. The average molecular weight is 290 g/mol. The average Bonchev–Trinajstić information content (AvgIpc) is 2.44. The smallest absolute Gasteiger partial charge is 0.340 e. The Bertz CT molecular complexity index is 708. The zero-order valence-corrected chi connectivity index (χ0v) is 12.3. The molecule has 0 spiro atoms. The Balaban J connectivity index is 2.29. The Labute approximate surface area is 122 Å². The Morgan fingerprint density at radius 3 is 2.95 bits per heavy atom. The molecule has 1 unspecified atom stereocenters. The minimum Gasteiger partial charge on any atom is -0.459 e. The summed E-state index contributed by atoms with van der Waals surface area (Å²) in [5, 5.41) is 0.375. The Morgan fingerprint density at radius 1 is 1.48 bits per heavy atom. The van der Waals surface area contributed by atoms with Gasteiger partial charge in [0.2, 0.25) is 0 Å². The highest BCUT2D eigenvalue weighted by Gasteiger charge is 2.17. The number of H-pyrrole nitrogens is 1. The number of nitrogens with one attached hydrogen (secondary N) is 1. The van der Waals surface area contributed by atoms with E-state index in [-0.39, 0.29) is 11.7 Å². The van der Waals surface area contributed by atoms with E-state index in [9.17, 15) is 9.59 Å². The van der Waals surface area contributed by atoms with Crippen LogP contribution >= 0.6 is 0 Å². The van der Waals surface area contributed by atoms with Gasteiger partial charge in [0.15, 0.2) is 0 Å². The first-order valence-corrected chi connectivity index (χ1v) is 6.72. The van der Waals surface area contributed by atoms with Gasteiger partial charge < -0.3 is 14.5 Å². The number of ether oxygens (including phenoxy) is 2. The largest absolute Gasteiger partial charge is 0.459 e. The number of esters is 1. The van der Waals surface area contributed by atoms with Gasteiger partial charge in [-0.1, -0.05) is 0 Å². The number of aromatic amines is 1. The molecule has 0 aliphatic rings. The maximum atomic E-state index is 12.2. The van der Waals surface area contributed by atoms with Crippen molar-refractivity contribution in [1.82, 2.24) is 9.97 Å². The Morgan fingerprint density at radius 2 is 2.24 bits per heavy atom. The summed E-state index contributed by atoms with van der Waals surface area (Å²) < 4.78 is 10.3. The SMILES string of the molecule is COCCC(C)OC(=O)c1cc2c(=O)[nH]ccc2nc1C. The number of aryl methyl sites for hydroxylation is 1. The third-order valence-electron chi connectivity index (χ3n) is 3.20. The molecule has 0 amide bonds. The summed E-state index contributed by atoms with van der Waals surface area (Å²) in [6.45, 7) is 4.04. The van der Waals surface area contributed by atoms with E-state index in [0.29, 0.717) is 35.2 Å². The first-order valence-electron chi connectivity index (χ1n) is 6.72. The maximum absolute atomic E-state index is 12.2. The first-order chi connectivity index (χ1) is 10.0. The van der Waals surface area contributed by atoms with Gasteiger partial charge in [0, 0.05) is 26.3 Å². The Kier molecular flexibility index (Phi) is 4.70. The van der Waals surface area contributed by atoms with Crippen LogP contribution in [0.2, 0.25) is 0 Å². The molecule has 2 rings (SSSR count). The van der Waals surface area contributed by atoms with E-state index < -0.39 is 5.97 Å². The summed E-state index contributed by atoms with van der Waals surface area (Å²) in [7, 11) is 1.60. The Hall–Kier alpha value is -2.21. The van der Waals surface area contributed by atoms with Crippen LogP contribution in [-0.2, 0) is 9.47 Å². The summed E-state index contributed by atoms with van der Waals surface area (Å²) in [5.74, 6) is -0.478. The van der Waals surface area contributed by atoms with Gasteiger partial charge in [-0.05, 0) is 26.0 Å². The fraction of sp³-hybridized carbons (Fsp3) is 0.400. The molecule has 0 saturated heterocycles. The van der Waals surface area contributed by atoms with Crippen LogP contribution in [0.5, 0.6) is 0 Å². The van der Waals surface area contributed by atoms with Gasteiger partial charge in [-0.15, -0.1) is 0 Å². The van der Waals surface area contributed by atoms with Gasteiger partial charge >= 0.3 is 5.97 Å². The minimum atomic E-state index is -0.478. The van der Waals surface area contributed by atoms with E-state index in [4.69, 9.17) is 9.47 Å². The number of carbonyl (C=O) groups excluding carboxylic acids is 1. The molecule has 0 saturated carbocycles. The van der Waals surface area contributed by atoms with Crippen LogP contribution in [0.15, 0.2) is 23.1 Å². The van der Waals surface area contributed by atoms with Crippen LogP contribution in [0.25, 0.3) is 10.9 Å². The van der Waals surface area contributed by atoms with Crippen molar-refractivity contribution in [2.75, 3.05) is 13.7 Å². The van der Waals surface area contributed by atoms with Crippen LogP contribution in [-0.4, -0.2) is 35.8 Å². The molecular formula is C15H18N2O4. The lowest BCUT2D eigenvalue weighted by Crippen LogP contribution is -2.18. The van der Waals surface area contributed by atoms with Crippen molar-refractivity contribution in [2.45, 2.75) is 26.4 Å². The molecule has 6 heteroatoms. The molecule has 0 fully saturated rings. The minimum absolute atomic E-state index is 0.262. The van der Waals surface area contributed by atoms with E-state index in [1.54, 1.807) is 27.0 Å². The fourth-order valence-electron chi connectivity index (χ4n) is 2.00. The fourth-order valence-corrected chi connectivity index (χ4v) is 2.00. The number of carbonyl (C=O) groups is 1. The molecule has 0 bridgehead atoms. The molecule has 6 nitrogen and oxygen atoms in total. The van der Waals surface area contributed by atoms with Crippen LogP contribution in [0.4, 0.5) is 0 Å². The van der Waals surface area contributed by atoms with Crippen molar-refractivity contribution < 1.29 is 14.3 Å². The zero-order chi connectivity index (χ0) is 15.4. The quantitative estimate of drug-likeness (QED) is 0.849. The second-order valence-electron chi connectivity index (χ2n) is 4.86. The third-order valence-corrected chi connectivity index (χ3v) is 3.20. The first kappa shape index (κ1) is 15.2. The topological polar surface area (TPSA) is 81.3 Å². The number of hydrogen-bond donors (Lipinski definition) is 1. The van der Waals surface area contributed by atoms with Crippen LogP contribution in [0.1, 0.15) is 29.4 Å². The van der Waals surface area contributed by atoms with E-state index in [0.717, 1.165) is 0 Å².